The second kappa shape index (κ2) is 8.21. The van der Waals surface area contributed by atoms with Crippen molar-refractivity contribution < 1.29 is 23.8 Å². The van der Waals surface area contributed by atoms with Crippen LogP contribution in [0.4, 0.5) is 0 Å². The summed E-state index contributed by atoms with van der Waals surface area (Å²) in [6.07, 6.45) is 0.782. The first-order chi connectivity index (χ1) is 13.4. The number of nitrogens with one attached hydrogen (secondary N) is 2. The number of carbonyl (C=O) groups excluding carboxylic acids is 2. The van der Waals surface area contributed by atoms with Gasteiger partial charge in [-0.15, -0.1) is 0 Å². The summed E-state index contributed by atoms with van der Waals surface area (Å²) in [5, 5.41) is 0. The van der Waals surface area contributed by atoms with Crippen molar-refractivity contribution in [2.75, 3.05) is 13.2 Å². The average Bonchev–Trinajstić information content (AvgIpc) is 2.99. The molecule has 3 rings (SSSR count). The van der Waals surface area contributed by atoms with Gasteiger partial charge in [0.25, 0.3) is 11.8 Å². The highest BCUT2D eigenvalue weighted by atomic mass is 16.5. The summed E-state index contributed by atoms with van der Waals surface area (Å²) in [5.74, 6) is 0.947. The average molecular weight is 384 g/mol. The van der Waals surface area contributed by atoms with Crippen molar-refractivity contribution in [3.05, 3.63) is 53.6 Å². The predicted molar refractivity (Wildman–Crippen MR) is 104 cm³/mol. The molecule has 0 aromatic heterocycles. The van der Waals surface area contributed by atoms with Crippen LogP contribution in [0, 0.1) is 0 Å². The third-order valence-electron chi connectivity index (χ3n) is 4.16. The Bertz CT molecular complexity index is 862. The summed E-state index contributed by atoms with van der Waals surface area (Å²) in [7, 11) is 0. The standard InChI is InChI=1S/C21H24N2O5/c1-4-26-16-10-8-14(9-11-16)20(25)23-22-18(24)13-27-17-7-5-6-15-12-21(2,3)28-19(15)17/h5-11H,4,12-13H2,1-3H3,(H,22,24)(H,23,25). The lowest BCUT2D eigenvalue weighted by molar-refractivity contribution is -0.123. The lowest BCUT2D eigenvalue weighted by atomic mass is 10.0. The van der Waals surface area contributed by atoms with E-state index in [-0.39, 0.29) is 12.2 Å². The van der Waals surface area contributed by atoms with Gasteiger partial charge in [-0.3, -0.25) is 20.4 Å². The van der Waals surface area contributed by atoms with Gasteiger partial charge >= 0.3 is 0 Å². The van der Waals surface area contributed by atoms with Crippen LogP contribution in [0.5, 0.6) is 17.2 Å². The van der Waals surface area contributed by atoms with E-state index >= 15 is 0 Å². The summed E-state index contributed by atoms with van der Waals surface area (Å²) in [5.41, 5.74) is 5.86. The summed E-state index contributed by atoms with van der Waals surface area (Å²) in [4.78, 5) is 24.1. The van der Waals surface area contributed by atoms with Crippen LogP contribution >= 0.6 is 0 Å². The molecule has 2 aromatic rings. The Morgan fingerprint density at radius 2 is 1.82 bits per heavy atom. The second-order valence-electron chi connectivity index (χ2n) is 7.03. The minimum atomic E-state index is -0.478. The van der Waals surface area contributed by atoms with E-state index in [4.69, 9.17) is 14.2 Å². The van der Waals surface area contributed by atoms with Crippen molar-refractivity contribution in [3.8, 4) is 17.2 Å². The van der Waals surface area contributed by atoms with Crippen LogP contribution in [-0.4, -0.2) is 30.6 Å². The van der Waals surface area contributed by atoms with E-state index in [0.29, 0.717) is 29.4 Å². The van der Waals surface area contributed by atoms with E-state index in [0.717, 1.165) is 12.0 Å². The molecule has 1 aliphatic rings. The fourth-order valence-electron chi connectivity index (χ4n) is 2.95. The molecule has 0 aliphatic carbocycles. The number of amides is 2. The number of hydrogen-bond donors (Lipinski definition) is 2. The number of carbonyl (C=O) groups is 2. The number of fused-ring (bicyclic) bond motifs is 1. The number of para-hydroxylation sites is 1. The molecule has 0 spiro atoms. The molecule has 7 nitrogen and oxygen atoms in total. The fraction of sp³-hybridized carbons (Fsp3) is 0.333. The molecule has 0 atom stereocenters. The normalized spacial score (nSPS) is 13.8. The molecule has 0 fully saturated rings. The van der Waals surface area contributed by atoms with Crippen molar-refractivity contribution in [1.29, 1.82) is 0 Å². The molecule has 2 N–H and O–H groups in total. The Labute approximate surface area is 164 Å². The van der Waals surface area contributed by atoms with Crippen LogP contribution < -0.4 is 25.1 Å². The topological polar surface area (TPSA) is 85.9 Å². The molecule has 2 amide bonds. The zero-order valence-corrected chi connectivity index (χ0v) is 16.2. The van der Waals surface area contributed by atoms with Gasteiger partial charge in [0, 0.05) is 17.5 Å². The Balaban J connectivity index is 1.49. The van der Waals surface area contributed by atoms with Gasteiger partial charge in [-0.05, 0) is 51.1 Å². The van der Waals surface area contributed by atoms with E-state index < -0.39 is 11.8 Å². The van der Waals surface area contributed by atoms with Crippen LogP contribution in [-0.2, 0) is 11.2 Å². The highest BCUT2D eigenvalue weighted by molar-refractivity contribution is 5.95. The number of rotatable bonds is 6. The molecule has 0 radical (unpaired) electrons. The molecule has 2 aromatic carbocycles. The minimum Gasteiger partial charge on any atom is -0.494 e. The molecule has 0 saturated carbocycles. The van der Waals surface area contributed by atoms with Gasteiger partial charge in [0.1, 0.15) is 11.4 Å². The van der Waals surface area contributed by atoms with Crippen molar-refractivity contribution in [2.24, 2.45) is 0 Å². The lowest BCUT2D eigenvalue weighted by Crippen LogP contribution is -2.43. The quantitative estimate of drug-likeness (QED) is 0.748. The molecule has 1 aliphatic heterocycles. The largest absolute Gasteiger partial charge is 0.494 e. The van der Waals surface area contributed by atoms with Gasteiger partial charge in [0.2, 0.25) is 0 Å². The number of hydrazine groups is 1. The van der Waals surface area contributed by atoms with Crippen LogP contribution in [0.1, 0.15) is 36.7 Å². The fourth-order valence-corrected chi connectivity index (χ4v) is 2.95. The Morgan fingerprint density at radius 1 is 1.07 bits per heavy atom. The monoisotopic (exact) mass is 384 g/mol. The molecule has 0 saturated heterocycles. The zero-order valence-electron chi connectivity index (χ0n) is 16.2. The van der Waals surface area contributed by atoms with Gasteiger partial charge in [0.05, 0.1) is 6.61 Å². The molecule has 28 heavy (non-hydrogen) atoms. The smallest absolute Gasteiger partial charge is 0.276 e. The van der Waals surface area contributed by atoms with Crippen LogP contribution in [0.2, 0.25) is 0 Å². The van der Waals surface area contributed by atoms with Gasteiger partial charge < -0.3 is 14.2 Å². The number of ether oxygens (including phenoxy) is 3. The van der Waals surface area contributed by atoms with Crippen molar-refractivity contribution in [2.45, 2.75) is 32.8 Å². The molecular weight excluding hydrogens is 360 g/mol. The molecule has 148 valence electrons. The summed E-state index contributed by atoms with van der Waals surface area (Å²) < 4.78 is 16.8. The Morgan fingerprint density at radius 3 is 2.54 bits per heavy atom. The predicted octanol–water partition coefficient (Wildman–Crippen LogP) is 2.64. The third-order valence-corrected chi connectivity index (χ3v) is 4.16. The molecule has 0 unspecified atom stereocenters. The van der Waals surface area contributed by atoms with Gasteiger partial charge in [0.15, 0.2) is 18.1 Å². The van der Waals surface area contributed by atoms with Crippen LogP contribution in [0.25, 0.3) is 0 Å². The maximum Gasteiger partial charge on any atom is 0.276 e. The van der Waals surface area contributed by atoms with E-state index in [2.05, 4.69) is 10.9 Å². The highest BCUT2D eigenvalue weighted by Crippen LogP contribution is 2.41. The van der Waals surface area contributed by atoms with Crippen molar-refractivity contribution >= 4 is 11.8 Å². The SMILES string of the molecule is CCOc1ccc(C(=O)NNC(=O)COc2cccc3c2OC(C)(C)C3)cc1. The molecule has 1 heterocycles. The Kier molecular flexibility index (Phi) is 5.73. The molecule has 0 bridgehead atoms. The second-order valence-corrected chi connectivity index (χ2v) is 7.03. The lowest BCUT2D eigenvalue weighted by Gasteiger charge is -2.18. The van der Waals surface area contributed by atoms with Crippen LogP contribution in [0.15, 0.2) is 42.5 Å². The van der Waals surface area contributed by atoms with Gasteiger partial charge in [-0.25, -0.2) is 0 Å². The first-order valence-corrected chi connectivity index (χ1v) is 9.14. The summed E-state index contributed by atoms with van der Waals surface area (Å²) >= 11 is 0. The van der Waals surface area contributed by atoms with E-state index in [9.17, 15) is 9.59 Å². The summed E-state index contributed by atoms with van der Waals surface area (Å²) in [6, 6.07) is 12.2. The first kappa shape index (κ1) is 19.5. The maximum absolute atomic E-state index is 12.1. The molecule has 7 heteroatoms. The van der Waals surface area contributed by atoms with E-state index in [1.165, 1.54) is 0 Å². The van der Waals surface area contributed by atoms with Crippen molar-refractivity contribution in [1.82, 2.24) is 10.9 Å². The Hall–Kier alpha value is -3.22. The van der Waals surface area contributed by atoms with E-state index in [1.54, 1.807) is 30.3 Å². The molecular formula is C21H24N2O5. The number of benzene rings is 2. The highest BCUT2D eigenvalue weighted by Gasteiger charge is 2.32. The zero-order chi connectivity index (χ0) is 20.1. The van der Waals surface area contributed by atoms with Crippen molar-refractivity contribution in [3.63, 3.8) is 0 Å². The van der Waals surface area contributed by atoms with Gasteiger partial charge in [-0.1, -0.05) is 12.1 Å². The number of hydrogen-bond acceptors (Lipinski definition) is 5. The third kappa shape index (κ3) is 4.73. The van der Waals surface area contributed by atoms with Crippen LogP contribution in [0.3, 0.4) is 0 Å². The maximum atomic E-state index is 12.1. The summed E-state index contributed by atoms with van der Waals surface area (Å²) in [6.45, 7) is 6.19. The first-order valence-electron chi connectivity index (χ1n) is 9.14. The minimum absolute atomic E-state index is 0.246. The van der Waals surface area contributed by atoms with Gasteiger partial charge in [-0.2, -0.15) is 0 Å². The van der Waals surface area contributed by atoms with E-state index in [1.807, 2.05) is 32.9 Å².